The van der Waals surface area contributed by atoms with E-state index in [0.29, 0.717) is 12.3 Å². The van der Waals surface area contributed by atoms with E-state index in [2.05, 4.69) is 83.3 Å². The molecule has 0 saturated heterocycles. The number of carbonyl (C=O) groups excluding carboxylic acids is 1. The van der Waals surface area contributed by atoms with Crippen LogP contribution in [0.15, 0.2) is 42.5 Å². The molecule has 1 amide bonds. The van der Waals surface area contributed by atoms with Gasteiger partial charge in [0, 0.05) is 0 Å². The van der Waals surface area contributed by atoms with Crippen molar-refractivity contribution in [1.82, 2.24) is 4.90 Å². The zero-order valence-electron chi connectivity index (χ0n) is 22.5. The Bertz CT molecular complexity index is 679. The van der Waals surface area contributed by atoms with Gasteiger partial charge in [-0.15, -0.1) is 0 Å². The predicted molar refractivity (Wildman–Crippen MR) is 149 cm³/mol. The number of unbranched alkanes of at least 4 members (excludes halogenated alkanes) is 3. The van der Waals surface area contributed by atoms with Crippen molar-refractivity contribution in [1.29, 1.82) is 0 Å². The molecule has 0 radical (unpaired) electrons. The Morgan fingerprint density at radius 3 is 1.78 bits per heavy atom. The Labute approximate surface area is 205 Å². The first-order valence-corrected chi connectivity index (χ1v) is 23.6. The molecule has 0 aromatic heterocycles. The molecule has 32 heavy (non-hydrogen) atoms. The van der Waals surface area contributed by atoms with E-state index in [4.69, 9.17) is 0 Å². The Morgan fingerprint density at radius 2 is 1.41 bits per heavy atom. The fourth-order valence-electron chi connectivity index (χ4n) is 5.90. The third-order valence-corrected chi connectivity index (χ3v) is 38.8. The molecule has 1 aromatic rings. The van der Waals surface area contributed by atoms with Crippen molar-refractivity contribution in [3.63, 3.8) is 0 Å². The molecule has 1 atom stereocenters. The van der Waals surface area contributed by atoms with Crippen LogP contribution in [0.5, 0.6) is 0 Å². The van der Waals surface area contributed by atoms with Crippen LogP contribution in [0.1, 0.15) is 72.6 Å². The number of amides is 1. The maximum absolute atomic E-state index is 13.5. The van der Waals surface area contributed by atoms with E-state index >= 15 is 0 Å². The van der Waals surface area contributed by atoms with Crippen LogP contribution in [0, 0.1) is 0 Å². The molecule has 0 aliphatic rings. The summed E-state index contributed by atoms with van der Waals surface area (Å²) in [5.74, 6) is 0.324. The van der Waals surface area contributed by atoms with Crippen molar-refractivity contribution in [3.8, 4) is 0 Å². The van der Waals surface area contributed by atoms with Crippen molar-refractivity contribution >= 4 is 37.5 Å². The normalized spacial score (nSPS) is 14.5. The third kappa shape index (κ3) is 6.74. The van der Waals surface area contributed by atoms with E-state index in [9.17, 15) is 4.79 Å². The Morgan fingerprint density at radius 1 is 0.938 bits per heavy atom. The monoisotopic (exact) mass is 565 g/mol. The van der Waals surface area contributed by atoms with Gasteiger partial charge in [0.25, 0.3) is 0 Å². The molecule has 0 bridgehead atoms. The number of carbonyl (C=O) groups is 1. The first kappa shape index (κ1) is 29.5. The Kier molecular flexibility index (Phi) is 12.9. The van der Waals surface area contributed by atoms with E-state index in [1.807, 2.05) is 19.0 Å². The fourth-order valence-corrected chi connectivity index (χ4v) is 42.8. The summed E-state index contributed by atoms with van der Waals surface area (Å²) >= 11 is -2.89. The molecule has 0 aliphatic heterocycles. The number of hydrogen-bond donors (Lipinski definition) is 0. The van der Waals surface area contributed by atoms with Gasteiger partial charge in [0.15, 0.2) is 0 Å². The van der Waals surface area contributed by atoms with E-state index in [0.717, 1.165) is 0 Å². The molecular weight excluding hydrogens is 513 g/mol. The summed E-state index contributed by atoms with van der Waals surface area (Å²) in [6.07, 6.45) is 13.4. The fraction of sp³-hybridized carbons (Fsp3) is 0.679. The van der Waals surface area contributed by atoms with Gasteiger partial charge < -0.3 is 0 Å². The van der Waals surface area contributed by atoms with Crippen LogP contribution in [0.25, 0.3) is 0 Å². The summed E-state index contributed by atoms with van der Waals surface area (Å²) in [6, 6.07) is 11.3. The van der Waals surface area contributed by atoms with Crippen LogP contribution in [-0.2, 0) is 4.79 Å². The number of allylic oxidation sites excluding steroid dienone is 2. The quantitative estimate of drug-likeness (QED) is 0.157. The molecule has 4 heteroatoms. The molecule has 0 N–H and O–H groups in total. The Hall–Kier alpha value is -0.554. The second-order valence-electron chi connectivity index (χ2n) is 10.5. The van der Waals surface area contributed by atoms with Crippen LogP contribution in [0.3, 0.4) is 0 Å². The van der Waals surface area contributed by atoms with E-state index in [1.165, 1.54) is 57.0 Å². The van der Waals surface area contributed by atoms with Crippen LogP contribution in [0.2, 0.25) is 29.5 Å². The minimum absolute atomic E-state index is 0.0959. The van der Waals surface area contributed by atoms with Gasteiger partial charge in [-0.1, -0.05) is 0 Å². The topological polar surface area (TPSA) is 20.3 Å². The molecule has 0 fully saturated rings. The number of rotatable bonds is 15. The van der Waals surface area contributed by atoms with Crippen LogP contribution in [0.4, 0.5) is 0 Å². The second-order valence-corrected chi connectivity index (χ2v) is 30.8. The summed E-state index contributed by atoms with van der Waals surface area (Å²) in [4.78, 5) is 15.4. The zero-order chi connectivity index (χ0) is 24.3. The van der Waals surface area contributed by atoms with Gasteiger partial charge in [-0.3, -0.25) is 0 Å². The first-order valence-electron chi connectivity index (χ1n) is 13.1. The van der Waals surface area contributed by atoms with Gasteiger partial charge in [-0.2, -0.15) is 0 Å². The zero-order valence-corrected chi connectivity index (χ0v) is 26.3. The average Bonchev–Trinajstić information content (AvgIpc) is 2.78. The van der Waals surface area contributed by atoms with Crippen LogP contribution in [-0.4, -0.2) is 51.4 Å². The van der Waals surface area contributed by atoms with E-state index in [1.54, 1.807) is 0 Å². The molecular formula is C28H51NOSiSn. The van der Waals surface area contributed by atoms with Crippen molar-refractivity contribution in [2.45, 2.75) is 102 Å². The summed E-state index contributed by atoms with van der Waals surface area (Å²) in [7, 11) is 1.88. The molecule has 1 rings (SSSR count). The van der Waals surface area contributed by atoms with Crippen molar-refractivity contribution < 1.29 is 4.79 Å². The van der Waals surface area contributed by atoms with Crippen molar-refractivity contribution in [2.24, 2.45) is 0 Å². The van der Waals surface area contributed by atoms with Crippen LogP contribution >= 0.6 is 0 Å². The molecule has 2 nitrogen and oxygen atoms in total. The van der Waals surface area contributed by atoms with Gasteiger partial charge in [-0.05, 0) is 0 Å². The minimum atomic E-state index is -2.89. The van der Waals surface area contributed by atoms with E-state index < -0.39 is 26.5 Å². The summed E-state index contributed by atoms with van der Waals surface area (Å²) < 4.78 is 4.39. The molecule has 0 heterocycles. The summed E-state index contributed by atoms with van der Waals surface area (Å²) in [5, 5.41) is 1.52. The Balaban J connectivity index is 3.94. The maximum atomic E-state index is 13.5. The summed E-state index contributed by atoms with van der Waals surface area (Å²) in [6.45, 7) is 14.4. The van der Waals surface area contributed by atoms with Gasteiger partial charge in [-0.25, -0.2) is 0 Å². The average molecular weight is 565 g/mol. The van der Waals surface area contributed by atoms with Gasteiger partial charge >= 0.3 is 206 Å². The molecule has 0 saturated carbocycles. The van der Waals surface area contributed by atoms with Crippen molar-refractivity contribution in [2.75, 3.05) is 14.1 Å². The predicted octanol–water partition coefficient (Wildman–Crippen LogP) is 7.79. The number of benzene rings is 1. The molecule has 0 spiro atoms. The second kappa shape index (κ2) is 14.0. The van der Waals surface area contributed by atoms with Crippen LogP contribution < -0.4 is 5.19 Å². The van der Waals surface area contributed by atoms with E-state index in [-0.39, 0.29) is 3.05 Å². The first-order chi connectivity index (χ1) is 15.2. The number of nitrogens with zero attached hydrogens (tertiary/aromatic N) is 1. The van der Waals surface area contributed by atoms with Gasteiger partial charge in [0.1, 0.15) is 0 Å². The molecule has 1 aromatic carbocycles. The SMILES string of the molecule is C/C=C/[C](CC(=O)N(C)C)([Si](C)(C)c1ccccc1)[Sn]([CH2]CCC)([CH2]CCC)[CH2]CCC. The summed E-state index contributed by atoms with van der Waals surface area (Å²) in [5.41, 5.74) is 0. The molecule has 182 valence electrons. The molecule has 1 unspecified atom stereocenters. The standard InChI is InChI=1S/C16H24NOSi.3C4H9.Sn/c1-6-10-15(13-16(18)17(2)3)19(4,5)14-11-8-7-9-12-14;3*1-3-4-2;/h6-12H,13H2,1-5H3;3*1,3-4H2,2H3;/b10-6+;;;;. The van der Waals surface area contributed by atoms with Crippen molar-refractivity contribution in [3.05, 3.63) is 42.5 Å². The molecule has 0 aliphatic carbocycles. The number of hydrogen-bond acceptors (Lipinski definition) is 1. The van der Waals surface area contributed by atoms with Gasteiger partial charge in [0.2, 0.25) is 0 Å². The van der Waals surface area contributed by atoms with Gasteiger partial charge in [0.05, 0.1) is 0 Å². The third-order valence-electron chi connectivity index (χ3n) is 7.96.